The highest BCUT2D eigenvalue weighted by Gasteiger charge is 2.14. The summed E-state index contributed by atoms with van der Waals surface area (Å²) in [7, 11) is 2.06. The topological polar surface area (TPSA) is 59.3 Å². The molecule has 0 amide bonds. The summed E-state index contributed by atoms with van der Waals surface area (Å²) < 4.78 is 0.937. The van der Waals surface area contributed by atoms with Gasteiger partial charge in [0.2, 0.25) is 0 Å². The summed E-state index contributed by atoms with van der Waals surface area (Å²) in [5.74, 6) is 0. The molecule has 1 aromatic heterocycles. The third-order valence-corrected chi connectivity index (χ3v) is 5.79. The number of nitrogens with zero attached hydrogens (tertiary/aromatic N) is 3. The maximum absolute atomic E-state index is 10.8. The van der Waals surface area contributed by atoms with E-state index >= 15 is 0 Å². The predicted molar refractivity (Wildman–Crippen MR) is 114 cm³/mol. The molecule has 3 aromatic rings. The second-order valence-corrected chi connectivity index (χ2v) is 8.44. The van der Waals surface area contributed by atoms with Gasteiger partial charge < -0.3 is 0 Å². The first-order valence-corrected chi connectivity index (χ1v) is 9.89. The molecule has 0 bridgehead atoms. The average Bonchev–Trinajstić information content (AvgIpc) is 3.04. The van der Waals surface area contributed by atoms with E-state index in [0.717, 1.165) is 38.7 Å². The van der Waals surface area contributed by atoms with Crippen molar-refractivity contribution in [1.29, 1.82) is 0 Å². The van der Waals surface area contributed by atoms with Crippen molar-refractivity contribution in [3.05, 3.63) is 80.7 Å². The van der Waals surface area contributed by atoms with E-state index in [1.165, 1.54) is 29.0 Å². The van der Waals surface area contributed by atoms with Crippen molar-refractivity contribution in [2.24, 2.45) is 0 Å². The maximum atomic E-state index is 10.8. The van der Waals surface area contributed by atoms with Crippen LogP contribution in [0.5, 0.6) is 0 Å². The van der Waals surface area contributed by atoms with Crippen molar-refractivity contribution >= 4 is 33.0 Å². The molecule has 0 saturated heterocycles. The smallest absolute Gasteiger partial charge is 0.269 e. The van der Waals surface area contributed by atoms with Crippen molar-refractivity contribution in [1.82, 2.24) is 9.88 Å². The Morgan fingerprint density at radius 2 is 1.81 bits per heavy atom. The molecule has 138 valence electrons. The Morgan fingerprint density at radius 3 is 2.41 bits per heavy atom. The van der Waals surface area contributed by atoms with E-state index < -0.39 is 4.92 Å². The summed E-state index contributed by atoms with van der Waals surface area (Å²) in [6, 6.07) is 14.8. The van der Waals surface area contributed by atoms with Crippen molar-refractivity contribution in [3.63, 3.8) is 0 Å². The van der Waals surface area contributed by atoms with Crippen LogP contribution in [0, 0.1) is 10.1 Å². The predicted octanol–water partition coefficient (Wildman–Crippen LogP) is 5.77. The molecule has 0 aliphatic rings. The van der Waals surface area contributed by atoms with E-state index in [2.05, 4.69) is 58.7 Å². The molecule has 0 atom stereocenters. The molecule has 0 aliphatic carbocycles. The van der Waals surface area contributed by atoms with Crippen LogP contribution in [0.2, 0.25) is 0 Å². The number of hydrogen-bond acceptors (Lipinski definition) is 5. The Balaban J connectivity index is 1.81. The number of aromatic nitrogens is 1. The first-order valence-electron chi connectivity index (χ1n) is 8.28. The van der Waals surface area contributed by atoms with Crippen molar-refractivity contribution in [3.8, 4) is 21.8 Å². The summed E-state index contributed by atoms with van der Waals surface area (Å²) in [4.78, 5) is 17.3. The molecule has 2 aromatic carbocycles. The average molecular weight is 444 g/mol. The molecule has 0 saturated carbocycles. The van der Waals surface area contributed by atoms with Gasteiger partial charge in [-0.15, -0.1) is 17.9 Å². The second-order valence-electron chi connectivity index (χ2n) is 6.13. The Bertz CT molecular complexity index is 952. The number of likely N-dealkylation sites (N-methyl/N-ethyl adjacent to an activating group) is 1. The number of thiazole rings is 1. The second kappa shape index (κ2) is 8.56. The SMILES string of the molecule is C=CCN(C)Cc1ccc(-c2nc(-c3ccc([N+](=O)[O-])cc3)sc2Br)cc1. The highest BCUT2D eigenvalue weighted by atomic mass is 79.9. The van der Waals surface area contributed by atoms with Gasteiger partial charge in [-0.3, -0.25) is 15.0 Å². The van der Waals surface area contributed by atoms with E-state index in [0.29, 0.717) is 0 Å². The van der Waals surface area contributed by atoms with Crippen LogP contribution in [0.3, 0.4) is 0 Å². The number of nitro benzene ring substituents is 1. The highest BCUT2D eigenvalue weighted by molar-refractivity contribution is 9.11. The van der Waals surface area contributed by atoms with E-state index in [1.807, 2.05) is 6.08 Å². The minimum atomic E-state index is -0.402. The molecule has 0 aliphatic heterocycles. The standard InChI is InChI=1S/C20H18BrN3O2S/c1-3-12-23(2)13-14-4-6-15(7-5-14)18-19(21)27-20(22-18)16-8-10-17(11-9-16)24(25)26/h3-11H,1,12-13H2,2H3. The molecular weight excluding hydrogens is 426 g/mol. The van der Waals surface area contributed by atoms with E-state index in [9.17, 15) is 10.1 Å². The fraction of sp³-hybridized carbons (Fsp3) is 0.150. The minimum absolute atomic E-state index is 0.0756. The summed E-state index contributed by atoms with van der Waals surface area (Å²) in [6.07, 6.45) is 1.89. The van der Waals surface area contributed by atoms with Gasteiger partial charge in [-0.05, 0) is 40.7 Å². The molecule has 5 nitrogen and oxygen atoms in total. The normalized spacial score (nSPS) is 10.9. The van der Waals surface area contributed by atoms with Crippen LogP contribution in [0.25, 0.3) is 21.8 Å². The molecule has 0 spiro atoms. The van der Waals surface area contributed by atoms with Gasteiger partial charge in [-0.2, -0.15) is 0 Å². The monoisotopic (exact) mass is 443 g/mol. The number of nitro groups is 1. The number of benzene rings is 2. The third kappa shape index (κ3) is 4.68. The zero-order valence-corrected chi connectivity index (χ0v) is 17.2. The largest absolute Gasteiger partial charge is 0.298 e. The molecule has 1 heterocycles. The molecule has 0 radical (unpaired) electrons. The van der Waals surface area contributed by atoms with E-state index in [1.54, 1.807) is 12.1 Å². The summed E-state index contributed by atoms with van der Waals surface area (Å²) in [6.45, 7) is 5.46. The van der Waals surface area contributed by atoms with Crippen LogP contribution in [0.1, 0.15) is 5.56 Å². The Morgan fingerprint density at radius 1 is 1.19 bits per heavy atom. The molecule has 7 heteroatoms. The van der Waals surface area contributed by atoms with Crippen LogP contribution in [0.4, 0.5) is 5.69 Å². The van der Waals surface area contributed by atoms with Crippen LogP contribution in [0.15, 0.2) is 65.0 Å². The lowest BCUT2D eigenvalue weighted by Crippen LogP contribution is -2.17. The van der Waals surface area contributed by atoms with Crippen molar-refractivity contribution < 1.29 is 4.92 Å². The lowest BCUT2D eigenvalue weighted by molar-refractivity contribution is -0.384. The van der Waals surface area contributed by atoms with Gasteiger partial charge in [-0.25, -0.2) is 4.98 Å². The first kappa shape index (κ1) is 19.4. The number of hydrogen-bond donors (Lipinski definition) is 0. The minimum Gasteiger partial charge on any atom is -0.298 e. The first-order chi connectivity index (χ1) is 13.0. The van der Waals surface area contributed by atoms with Gasteiger partial charge in [0.15, 0.2) is 0 Å². The zero-order chi connectivity index (χ0) is 19.4. The Labute approximate surface area is 170 Å². The lowest BCUT2D eigenvalue weighted by atomic mass is 10.1. The quantitative estimate of drug-likeness (QED) is 0.264. The van der Waals surface area contributed by atoms with Gasteiger partial charge in [0.1, 0.15) is 5.01 Å². The summed E-state index contributed by atoms with van der Waals surface area (Å²) >= 11 is 5.11. The van der Waals surface area contributed by atoms with Crippen LogP contribution in [-0.2, 0) is 6.54 Å². The number of rotatable bonds is 7. The zero-order valence-electron chi connectivity index (χ0n) is 14.8. The van der Waals surface area contributed by atoms with E-state index in [-0.39, 0.29) is 5.69 Å². The van der Waals surface area contributed by atoms with Crippen LogP contribution >= 0.6 is 27.3 Å². The van der Waals surface area contributed by atoms with Crippen molar-refractivity contribution in [2.45, 2.75) is 6.54 Å². The van der Waals surface area contributed by atoms with Gasteiger partial charge in [0, 0.05) is 36.3 Å². The van der Waals surface area contributed by atoms with Gasteiger partial charge in [-0.1, -0.05) is 30.3 Å². The number of non-ortho nitro benzene ring substituents is 1. The van der Waals surface area contributed by atoms with E-state index in [4.69, 9.17) is 4.98 Å². The molecule has 0 N–H and O–H groups in total. The van der Waals surface area contributed by atoms with Gasteiger partial charge in [0.25, 0.3) is 5.69 Å². The molecule has 0 unspecified atom stereocenters. The summed E-state index contributed by atoms with van der Waals surface area (Å²) in [5.41, 5.74) is 4.07. The third-order valence-electron chi connectivity index (χ3n) is 4.03. The Kier molecular flexibility index (Phi) is 6.15. The maximum Gasteiger partial charge on any atom is 0.269 e. The molecular formula is C20H18BrN3O2S. The number of halogens is 1. The van der Waals surface area contributed by atoms with Crippen molar-refractivity contribution in [2.75, 3.05) is 13.6 Å². The summed E-state index contributed by atoms with van der Waals surface area (Å²) in [5, 5.41) is 11.6. The molecule has 0 fully saturated rings. The fourth-order valence-corrected chi connectivity index (χ4v) is 4.29. The highest BCUT2D eigenvalue weighted by Crippen LogP contribution is 2.38. The van der Waals surface area contributed by atoms with Crippen LogP contribution in [-0.4, -0.2) is 28.4 Å². The van der Waals surface area contributed by atoms with Crippen LogP contribution < -0.4 is 0 Å². The molecule has 27 heavy (non-hydrogen) atoms. The Hall–Kier alpha value is -2.35. The fourth-order valence-electron chi connectivity index (χ4n) is 2.69. The van der Waals surface area contributed by atoms with Gasteiger partial charge >= 0.3 is 0 Å². The lowest BCUT2D eigenvalue weighted by Gasteiger charge is -2.14. The van der Waals surface area contributed by atoms with Gasteiger partial charge in [0.05, 0.1) is 14.4 Å². The molecule has 3 rings (SSSR count).